The summed E-state index contributed by atoms with van der Waals surface area (Å²) in [4.78, 5) is 11.7. The Morgan fingerprint density at radius 3 is 2.62 bits per heavy atom. The fourth-order valence-corrected chi connectivity index (χ4v) is 1.98. The maximum atomic E-state index is 12.7. The number of nitrogens with zero attached hydrogens (tertiary/aromatic N) is 1. The van der Waals surface area contributed by atoms with Gasteiger partial charge in [0, 0.05) is 5.56 Å². The van der Waals surface area contributed by atoms with E-state index in [9.17, 15) is 9.18 Å². The number of carbonyl (C=O) groups excluding carboxylic acids is 1. The molecule has 0 saturated heterocycles. The van der Waals surface area contributed by atoms with Crippen LogP contribution in [0, 0.1) is 5.82 Å². The standard InChI is InChI=1S/C15H11Cl2FN2O/c16-13-3-1-2-11(15(13)17)9-19-20-14(21)8-10-4-6-12(18)7-5-10/h1-7,9H,8H2,(H,20,21)/b19-9+. The summed E-state index contributed by atoms with van der Waals surface area (Å²) in [6.45, 7) is 0. The molecule has 3 nitrogen and oxygen atoms in total. The van der Waals surface area contributed by atoms with Gasteiger partial charge in [-0.3, -0.25) is 4.79 Å². The predicted molar refractivity (Wildman–Crippen MR) is 82.3 cm³/mol. The van der Waals surface area contributed by atoms with Gasteiger partial charge in [0.15, 0.2) is 0 Å². The number of carbonyl (C=O) groups is 1. The molecule has 0 spiro atoms. The molecule has 21 heavy (non-hydrogen) atoms. The molecular weight excluding hydrogens is 314 g/mol. The normalized spacial score (nSPS) is 10.8. The third kappa shape index (κ3) is 4.55. The highest BCUT2D eigenvalue weighted by Gasteiger charge is 2.03. The van der Waals surface area contributed by atoms with E-state index in [1.807, 2.05) is 0 Å². The number of hydrogen-bond acceptors (Lipinski definition) is 2. The van der Waals surface area contributed by atoms with Crippen molar-refractivity contribution in [1.82, 2.24) is 5.43 Å². The molecule has 108 valence electrons. The predicted octanol–water partition coefficient (Wildman–Crippen LogP) is 3.83. The van der Waals surface area contributed by atoms with Crippen LogP contribution in [0.3, 0.4) is 0 Å². The second-order valence-electron chi connectivity index (χ2n) is 4.24. The van der Waals surface area contributed by atoms with Gasteiger partial charge in [0.05, 0.1) is 22.7 Å². The van der Waals surface area contributed by atoms with Gasteiger partial charge in [0.2, 0.25) is 5.91 Å². The number of hydrazone groups is 1. The van der Waals surface area contributed by atoms with E-state index in [0.29, 0.717) is 21.2 Å². The minimum Gasteiger partial charge on any atom is -0.273 e. The number of hydrogen-bond donors (Lipinski definition) is 1. The van der Waals surface area contributed by atoms with Gasteiger partial charge in [-0.25, -0.2) is 9.82 Å². The highest BCUT2D eigenvalue weighted by Crippen LogP contribution is 2.24. The Morgan fingerprint density at radius 2 is 1.90 bits per heavy atom. The summed E-state index contributed by atoms with van der Waals surface area (Å²) in [5.74, 6) is -0.649. The zero-order chi connectivity index (χ0) is 15.2. The van der Waals surface area contributed by atoms with E-state index in [-0.39, 0.29) is 18.1 Å². The Labute approximate surface area is 131 Å². The van der Waals surface area contributed by atoms with E-state index in [1.54, 1.807) is 30.3 Å². The molecule has 0 aromatic heterocycles. The van der Waals surface area contributed by atoms with Crippen LogP contribution in [0.1, 0.15) is 11.1 Å². The zero-order valence-corrected chi connectivity index (χ0v) is 12.3. The first-order valence-corrected chi connectivity index (χ1v) is 6.82. The van der Waals surface area contributed by atoms with Crippen molar-refractivity contribution in [2.75, 3.05) is 0 Å². The number of rotatable bonds is 4. The maximum absolute atomic E-state index is 12.7. The van der Waals surface area contributed by atoms with E-state index < -0.39 is 0 Å². The molecule has 0 radical (unpaired) electrons. The fraction of sp³-hybridized carbons (Fsp3) is 0.0667. The van der Waals surface area contributed by atoms with Gasteiger partial charge in [0.25, 0.3) is 0 Å². The van der Waals surface area contributed by atoms with E-state index in [2.05, 4.69) is 10.5 Å². The van der Waals surface area contributed by atoms with Crippen LogP contribution in [0.5, 0.6) is 0 Å². The van der Waals surface area contributed by atoms with E-state index in [0.717, 1.165) is 0 Å². The molecule has 0 heterocycles. The molecule has 0 aliphatic rings. The number of amides is 1. The molecule has 0 aliphatic heterocycles. The topological polar surface area (TPSA) is 41.5 Å². The van der Waals surface area contributed by atoms with Crippen molar-refractivity contribution in [1.29, 1.82) is 0 Å². The lowest BCUT2D eigenvalue weighted by molar-refractivity contribution is -0.120. The smallest absolute Gasteiger partial charge is 0.244 e. The monoisotopic (exact) mass is 324 g/mol. The summed E-state index contributed by atoms with van der Waals surface area (Å²) in [5.41, 5.74) is 3.68. The van der Waals surface area contributed by atoms with Crippen molar-refractivity contribution in [3.8, 4) is 0 Å². The molecule has 2 aromatic carbocycles. The number of nitrogens with one attached hydrogen (secondary N) is 1. The van der Waals surface area contributed by atoms with E-state index in [4.69, 9.17) is 23.2 Å². The first-order chi connectivity index (χ1) is 10.1. The van der Waals surface area contributed by atoms with Crippen molar-refractivity contribution >= 4 is 35.3 Å². The van der Waals surface area contributed by atoms with Gasteiger partial charge in [-0.2, -0.15) is 5.10 Å². The number of benzene rings is 2. The van der Waals surface area contributed by atoms with E-state index >= 15 is 0 Å². The van der Waals surface area contributed by atoms with Crippen LogP contribution in [0.2, 0.25) is 10.0 Å². The Balaban J connectivity index is 1.93. The zero-order valence-electron chi connectivity index (χ0n) is 10.8. The molecule has 2 rings (SSSR count). The lowest BCUT2D eigenvalue weighted by Gasteiger charge is -2.01. The summed E-state index contributed by atoms with van der Waals surface area (Å²) in [5, 5.41) is 4.60. The Bertz CT molecular complexity index is 672. The highest BCUT2D eigenvalue weighted by molar-refractivity contribution is 6.43. The van der Waals surface area contributed by atoms with Gasteiger partial charge < -0.3 is 0 Å². The SMILES string of the molecule is O=C(Cc1ccc(F)cc1)N/N=C/c1cccc(Cl)c1Cl. The second kappa shape index (κ2) is 7.20. The summed E-state index contributed by atoms with van der Waals surface area (Å²) in [7, 11) is 0. The van der Waals surface area contributed by atoms with Crippen LogP contribution in [0.25, 0.3) is 0 Å². The summed E-state index contributed by atoms with van der Waals surface area (Å²) >= 11 is 11.8. The van der Waals surface area contributed by atoms with Gasteiger partial charge in [0.1, 0.15) is 5.82 Å². The molecule has 0 bridgehead atoms. The molecule has 6 heteroatoms. The largest absolute Gasteiger partial charge is 0.273 e. The summed E-state index contributed by atoms with van der Waals surface area (Å²) in [6, 6.07) is 10.8. The van der Waals surface area contributed by atoms with Crippen LogP contribution >= 0.6 is 23.2 Å². The lowest BCUT2D eigenvalue weighted by Crippen LogP contribution is -2.19. The van der Waals surface area contributed by atoms with E-state index in [1.165, 1.54) is 18.3 Å². The van der Waals surface area contributed by atoms with Crippen molar-refractivity contribution < 1.29 is 9.18 Å². The Morgan fingerprint density at radius 1 is 1.19 bits per heavy atom. The molecular formula is C15H11Cl2FN2O. The quantitative estimate of drug-likeness (QED) is 0.674. The van der Waals surface area contributed by atoms with Crippen molar-refractivity contribution in [3.05, 3.63) is 69.5 Å². The van der Waals surface area contributed by atoms with Crippen LogP contribution < -0.4 is 5.43 Å². The van der Waals surface area contributed by atoms with Gasteiger partial charge in [-0.15, -0.1) is 0 Å². The van der Waals surface area contributed by atoms with Crippen LogP contribution in [0.15, 0.2) is 47.6 Å². The second-order valence-corrected chi connectivity index (χ2v) is 5.02. The summed E-state index contributed by atoms with van der Waals surface area (Å²) < 4.78 is 12.7. The fourth-order valence-electron chi connectivity index (χ4n) is 1.62. The van der Waals surface area contributed by atoms with Crippen LogP contribution in [0.4, 0.5) is 4.39 Å². The first-order valence-electron chi connectivity index (χ1n) is 6.06. The molecule has 1 amide bonds. The average molecular weight is 325 g/mol. The minimum absolute atomic E-state index is 0.112. The maximum Gasteiger partial charge on any atom is 0.244 e. The molecule has 0 aliphatic carbocycles. The molecule has 0 atom stereocenters. The van der Waals surface area contributed by atoms with Crippen molar-refractivity contribution in [2.45, 2.75) is 6.42 Å². The molecule has 2 aromatic rings. The Kier molecular flexibility index (Phi) is 5.31. The minimum atomic E-state index is -0.340. The summed E-state index contributed by atoms with van der Waals surface area (Å²) in [6.07, 6.45) is 1.53. The first kappa shape index (κ1) is 15.5. The average Bonchev–Trinajstić information content (AvgIpc) is 2.46. The molecule has 0 unspecified atom stereocenters. The molecule has 0 fully saturated rings. The van der Waals surface area contributed by atoms with Crippen molar-refractivity contribution in [3.63, 3.8) is 0 Å². The number of halogens is 3. The third-order valence-electron chi connectivity index (χ3n) is 2.65. The van der Waals surface area contributed by atoms with Crippen molar-refractivity contribution in [2.24, 2.45) is 5.10 Å². The third-order valence-corrected chi connectivity index (χ3v) is 3.49. The lowest BCUT2D eigenvalue weighted by atomic mass is 10.1. The molecule has 0 saturated carbocycles. The molecule has 1 N–H and O–H groups in total. The van der Waals surface area contributed by atoms with Gasteiger partial charge >= 0.3 is 0 Å². The Hall–Kier alpha value is -1.91. The highest BCUT2D eigenvalue weighted by atomic mass is 35.5. The van der Waals surface area contributed by atoms with Crippen LogP contribution in [-0.4, -0.2) is 12.1 Å². The van der Waals surface area contributed by atoms with Gasteiger partial charge in [-0.1, -0.05) is 47.5 Å². The van der Waals surface area contributed by atoms with Gasteiger partial charge in [-0.05, 0) is 23.8 Å². The van der Waals surface area contributed by atoms with Crippen LogP contribution in [-0.2, 0) is 11.2 Å².